The lowest BCUT2D eigenvalue weighted by atomic mass is 10.1. The highest BCUT2D eigenvalue weighted by molar-refractivity contribution is 7.79. The fraction of sp³-hybridized carbons (Fsp3) is 0.318. The molecular weight excluding hydrogens is 474 g/mol. The number of aromatic nitrogens is 1. The molecule has 1 heterocycles. The first-order valence-corrected chi connectivity index (χ1v) is 10.5. The summed E-state index contributed by atoms with van der Waals surface area (Å²) in [6, 6.07) is 4.96. The molecule has 7 nitrogen and oxygen atoms in total. The molecule has 0 aliphatic rings. The second kappa shape index (κ2) is 11.0. The van der Waals surface area contributed by atoms with Crippen LogP contribution in [0.4, 0.5) is 34.6 Å². The van der Waals surface area contributed by atoms with Crippen LogP contribution < -0.4 is 15.1 Å². The average Bonchev–Trinajstić information content (AvgIpc) is 2.78. The Morgan fingerprint density at radius 2 is 1.97 bits per heavy atom. The smallest absolute Gasteiger partial charge is 0.326 e. The van der Waals surface area contributed by atoms with Crippen molar-refractivity contribution < 1.29 is 27.2 Å². The number of anilines is 3. The van der Waals surface area contributed by atoms with Gasteiger partial charge in [0.05, 0.1) is 28.6 Å². The normalized spacial score (nSPS) is 11.8. The summed E-state index contributed by atoms with van der Waals surface area (Å²) in [5, 5.41) is 11.3. The topological polar surface area (TPSA) is 89.3 Å². The quantitative estimate of drug-likeness (QED) is 0.423. The van der Waals surface area contributed by atoms with Crippen LogP contribution in [0.3, 0.4) is 0 Å². The van der Waals surface area contributed by atoms with E-state index in [0.717, 1.165) is 22.7 Å². The van der Waals surface area contributed by atoms with E-state index in [1.54, 1.807) is 6.92 Å². The third-order valence-electron chi connectivity index (χ3n) is 4.86. The number of likely N-dealkylation sites (N-methyl/N-ethyl adjacent to an activating group) is 1. The highest BCUT2D eigenvalue weighted by Crippen LogP contribution is 2.33. The van der Waals surface area contributed by atoms with Gasteiger partial charge in [-0.1, -0.05) is 25.6 Å². The van der Waals surface area contributed by atoms with E-state index in [1.165, 1.54) is 37.1 Å². The number of pyridine rings is 1. The summed E-state index contributed by atoms with van der Waals surface area (Å²) in [5.74, 6) is -1.83. The number of nitriles is 1. The number of benzene rings is 1. The van der Waals surface area contributed by atoms with E-state index in [-0.39, 0.29) is 23.5 Å². The number of rotatable bonds is 8. The van der Waals surface area contributed by atoms with Crippen molar-refractivity contribution in [3.05, 3.63) is 47.5 Å². The van der Waals surface area contributed by atoms with Crippen molar-refractivity contribution in [2.75, 3.05) is 22.2 Å². The Morgan fingerprint density at radius 3 is 2.47 bits per heavy atom. The summed E-state index contributed by atoms with van der Waals surface area (Å²) in [7, 11) is 1.27. The van der Waals surface area contributed by atoms with Gasteiger partial charge in [-0.3, -0.25) is 9.59 Å². The average molecular weight is 496 g/mol. The number of halogens is 4. The highest BCUT2D eigenvalue weighted by atomic mass is 32.1. The van der Waals surface area contributed by atoms with Crippen LogP contribution in [-0.4, -0.2) is 35.4 Å². The van der Waals surface area contributed by atoms with Gasteiger partial charge in [0.15, 0.2) is 5.69 Å². The van der Waals surface area contributed by atoms with Crippen LogP contribution in [0, 0.1) is 17.1 Å². The lowest BCUT2D eigenvalue weighted by molar-refractivity contribution is -0.138. The van der Waals surface area contributed by atoms with Gasteiger partial charge < -0.3 is 15.1 Å². The molecule has 0 aliphatic heterocycles. The van der Waals surface area contributed by atoms with Gasteiger partial charge in [-0.2, -0.15) is 18.4 Å². The van der Waals surface area contributed by atoms with E-state index in [2.05, 4.69) is 10.3 Å². The molecule has 34 heavy (non-hydrogen) atoms. The summed E-state index contributed by atoms with van der Waals surface area (Å²) in [6.45, 7) is 3.03. The molecule has 0 fully saturated rings. The van der Waals surface area contributed by atoms with Crippen molar-refractivity contribution in [3.8, 4) is 6.07 Å². The Bertz CT molecular complexity index is 1130. The van der Waals surface area contributed by atoms with Crippen LogP contribution in [0.5, 0.6) is 0 Å². The van der Waals surface area contributed by atoms with Crippen molar-refractivity contribution in [2.45, 2.75) is 38.9 Å². The Balaban J connectivity index is 2.44. The first kappa shape index (κ1) is 26.7. The Morgan fingerprint density at radius 1 is 1.29 bits per heavy atom. The zero-order valence-corrected chi connectivity index (χ0v) is 19.3. The first-order valence-electron chi connectivity index (χ1n) is 10.00. The van der Waals surface area contributed by atoms with Gasteiger partial charge in [-0.15, -0.1) is 0 Å². The molecule has 0 bridgehead atoms. The number of alkyl halides is 3. The fourth-order valence-corrected chi connectivity index (χ4v) is 3.49. The maximum Gasteiger partial charge on any atom is 0.419 e. The van der Waals surface area contributed by atoms with Crippen LogP contribution in [0.1, 0.15) is 37.9 Å². The number of nitrogens with zero attached hydrogens (tertiary/aromatic N) is 4. The summed E-state index contributed by atoms with van der Waals surface area (Å²) >= 11 is 5.06. The highest BCUT2D eigenvalue weighted by Gasteiger charge is 2.36. The first-order chi connectivity index (χ1) is 15.9. The van der Waals surface area contributed by atoms with Crippen molar-refractivity contribution in [1.82, 2.24) is 4.98 Å². The van der Waals surface area contributed by atoms with Crippen LogP contribution in [0.25, 0.3) is 0 Å². The van der Waals surface area contributed by atoms with E-state index in [0.29, 0.717) is 12.5 Å². The molecule has 1 N–H and O–H groups in total. The molecule has 2 aromatic rings. The fourth-order valence-electron chi connectivity index (χ4n) is 3.22. The number of hydrogen-bond acceptors (Lipinski definition) is 5. The van der Waals surface area contributed by atoms with Gasteiger partial charge >= 0.3 is 6.18 Å². The number of nitrogens with one attached hydrogen (secondary N) is 1. The molecule has 1 aromatic heterocycles. The number of carbonyl (C=O) groups excluding carboxylic acids is 2. The summed E-state index contributed by atoms with van der Waals surface area (Å²) in [6.07, 6.45) is -3.08. The van der Waals surface area contributed by atoms with Gasteiger partial charge in [0.2, 0.25) is 11.8 Å². The standard InChI is InChI=1S/C22H21F4N5O2S/c1-4-5-20(31(12-34)14-6-7-18(17(23)9-14)29-13(2)32)21(33)30(3)15-8-16(22(24,25)26)19(10-27)28-11-15/h6-9,11-12,20H,4-5H2,1-3H3,(H,29,32)/t20-/m1/s1. The number of amides is 2. The van der Waals surface area contributed by atoms with Crippen LogP contribution in [0.15, 0.2) is 30.5 Å². The van der Waals surface area contributed by atoms with E-state index in [1.807, 2.05) is 0 Å². The Hall–Kier alpha value is -3.59. The molecule has 1 atom stereocenters. The maximum atomic E-state index is 14.5. The van der Waals surface area contributed by atoms with Crippen molar-refractivity contribution in [2.24, 2.45) is 0 Å². The predicted molar refractivity (Wildman–Crippen MR) is 123 cm³/mol. The molecular formula is C22H21F4N5O2S. The summed E-state index contributed by atoms with van der Waals surface area (Å²) in [4.78, 5) is 30.4. The summed E-state index contributed by atoms with van der Waals surface area (Å²) in [5.41, 5.74) is -0.931. The molecule has 2 amide bonds. The van der Waals surface area contributed by atoms with Gasteiger partial charge in [0.1, 0.15) is 17.9 Å². The molecule has 0 spiro atoms. The van der Waals surface area contributed by atoms with E-state index in [9.17, 15) is 27.2 Å². The third kappa shape index (κ3) is 6.05. The van der Waals surface area contributed by atoms with Crippen molar-refractivity contribution >= 4 is 46.6 Å². The van der Waals surface area contributed by atoms with Crippen molar-refractivity contribution in [1.29, 1.82) is 5.26 Å². The summed E-state index contributed by atoms with van der Waals surface area (Å²) < 4.78 is 54.5. The number of hydrogen-bond donors (Lipinski definition) is 1. The Labute approximate surface area is 199 Å². The Kier molecular flexibility index (Phi) is 8.64. The molecule has 180 valence electrons. The van der Waals surface area contributed by atoms with E-state index < -0.39 is 41.1 Å². The molecule has 1 aromatic carbocycles. The predicted octanol–water partition coefficient (Wildman–Crippen LogP) is 4.66. The van der Waals surface area contributed by atoms with E-state index >= 15 is 0 Å². The van der Waals surface area contributed by atoms with Crippen LogP contribution in [0.2, 0.25) is 0 Å². The zero-order valence-electron chi connectivity index (χ0n) is 18.5. The molecule has 2 rings (SSSR count). The third-order valence-corrected chi connectivity index (χ3v) is 5.09. The second-order valence-electron chi connectivity index (χ2n) is 7.26. The minimum Gasteiger partial charge on any atom is -0.326 e. The van der Waals surface area contributed by atoms with E-state index in [4.69, 9.17) is 17.5 Å². The van der Waals surface area contributed by atoms with Gasteiger partial charge in [-0.25, -0.2) is 9.37 Å². The zero-order chi connectivity index (χ0) is 25.6. The molecule has 0 saturated heterocycles. The van der Waals surface area contributed by atoms with Crippen molar-refractivity contribution in [3.63, 3.8) is 0 Å². The lowest BCUT2D eigenvalue weighted by Crippen LogP contribution is -2.47. The molecule has 12 heteroatoms. The molecule has 0 aliphatic carbocycles. The van der Waals surface area contributed by atoms with Gasteiger partial charge in [-0.05, 0) is 30.7 Å². The minimum absolute atomic E-state index is 0.0561. The second-order valence-corrected chi connectivity index (χ2v) is 7.47. The minimum atomic E-state index is -4.84. The lowest BCUT2D eigenvalue weighted by Gasteiger charge is -2.32. The monoisotopic (exact) mass is 495 g/mol. The largest absolute Gasteiger partial charge is 0.419 e. The SMILES string of the molecule is CCC[C@H](C(=O)N(C)c1cnc(C#N)c(C(F)(F)F)c1)N(C=S)c1ccc(NC(C)=O)c(F)c1. The molecule has 0 saturated carbocycles. The number of carbonyl (C=O) groups is 2. The van der Waals surface area contributed by atoms with Gasteiger partial charge in [0, 0.05) is 19.7 Å². The maximum absolute atomic E-state index is 14.5. The molecule has 0 radical (unpaired) electrons. The molecule has 0 unspecified atom stereocenters. The van der Waals surface area contributed by atoms with Crippen LogP contribution in [-0.2, 0) is 15.8 Å². The number of thiocarbonyl (C=S) groups is 1. The van der Waals surface area contributed by atoms with Gasteiger partial charge in [0.25, 0.3) is 0 Å². The van der Waals surface area contributed by atoms with Crippen LogP contribution >= 0.6 is 12.2 Å².